The van der Waals surface area contributed by atoms with Crippen molar-refractivity contribution in [2.45, 2.75) is 274 Å². The van der Waals surface area contributed by atoms with E-state index in [-0.39, 0.29) is 33.9 Å². The monoisotopic (exact) mass is 1290 g/mol. The average molecular weight is 1290 g/mol. The zero-order valence-corrected chi connectivity index (χ0v) is 53.0. The summed E-state index contributed by atoms with van der Waals surface area (Å²) in [7, 11) is 0. The van der Waals surface area contributed by atoms with Crippen LogP contribution in [0.5, 0.6) is 0 Å². The van der Waals surface area contributed by atoms with Crippen LogP contribution in [0.1, 0.15) is 121 Å². The first-order valence-electron chi connectivity index (χ1n) is 31.8. The Kier molecular flexibility index (Phi) is 22.3. The molecule has 9 rings (SSSR count). The van der Waals surface area contributed by atoms with E-state index < -0.39 is 197 Å². The van der Waals surface area contributed by atoms with Gasteiger partial charge in [-0.1, -0.05) is 58.8 Å². The minimum Gasteiger partial charge on any atom is -0.394 e. The van der Waals surface area contributed by atoms with Crippen LogP contribution in [0, 0.1) is 45.3 Å². The number of carbonyl (C=O) groups excluding carboxylic acids is 3. The summed E-state index contributed by atoms with van der Waals surface area (Å²) in [5, 5.41) is 148. The van der Waals surface area contributed by atoms with E-state index in [1.165, 1.54) is 5.57 Å². The van der Waals surface area contributed by atoms with E-state index in [1.807, 2.05) is 13.8 Å². The summed E-state index contributed by atoms with van der Waals surface area (Å²) >= 11 is 0. The van der Waals surface area contributed by atoms with Gasteiger partial charge in [-0.15, -0.1) is 0 Å². The molecule has 28 nitrogen and oxygen atoms in total. The Bertz CT molecular complexity index is 2560. The van der Waals surface area contributed by atoms with Gasteiger partial charge in [-0.25, -0.2) is 0 Å². The van der Waals surface area contributed by atoms with Gasteiger partial charge < -0.3 is 124 Å². The Hall–Kier alpha value is -2.83. The van der Waals surface area contributed by atoms with E-state index in [0.717, 1.165) is 51.5 Å². The van der Waals surface area contributed by atoms with Gasteiger partial charge in [0.2, 0.25) is 11.8 Å². The van der Waals surface area contributed by atoms with E-state index >= 15 is 0 Å². The van der Waals surface area contributed by atoms with Crippen molar-refractivity contribution in [3.05, 3.63) is 23.3 Å². The summed E-state index contributed by atoms with van der Waals surface area (Å²) in [5.74, 6) is -0.302. The minimum absolute atomic E-state index is 0.0134. The number of hydrogen-bond acceptors (Lipinski definition) is 26. The number of fused-ring (bicyclic) bond motifs is 5. The molecule has 0 aromatic heterocycles. The highest BCUT2D eigenvalue weighted by atomic mass is 16.8. The number of aliphatic hydroxyl groups excluding tert-OH is 13. The summed E-state index contributed by atoms with van der Waals surface area (Å²) in [6.07, 6.45) is -30.3. The van der Waals surface area contributed by atoms with Crippen LogP contribution in [0.3, 0.4) is 0 Å². The van der Waals surface area contributed by atoms with E-state index in [9.17, 15) is 80.8 Å². The molecular weight excluding hydrogens is 1190 g/mol. The SMILES string of the molecule is CC(=O)NC1C(OC2COC(O[C@H]3CC[C@]4(C)C5=CC[C@]6(C)[C@@H]([C@H](C)CC(=O)C=C(C)C)CC[C@@]6(C)[C@@H]5CCC4C3(C)C)C(OC3OC(OC4OC(CO)C(O)C(O)C4OC4OC(CO)C(O)C(O)C4O)C(O)C(O)C3NC(C)=O)C2O)OC(CO)C(O)C1O. The fraction of sp³-hybridized carbons (Fsp3) is 0.887. The van der Waals surface area contributed by atoms with Crippen LogP contribution in [0.4, 0.5) is 0 Å². The molecule has 5 heterocycles. The largest absolute Gasteiger partial charge is 0.394 e. The maximum Gasteiger partial charge on any atom is 0.217 e. The van der Waals surface area contributed by atoms with Crippen molar-refractivity contribution in [2.75, 3.05) is 26.4 Å². The molecule has 8 fully saturated rings. The first-order valence-corrected chi connectivity index (χ1v) is 31.8. The van der Waals surface area contributed by atoms with Gasteiger partial charge in [-0.3, -0.25) is 14.4 Å². The quantitative estimate of drug-likeness (QED) is 0.0362. The molecule has 5 aliphatic heterocycles. The second kappa shape index (κ2) is 28.1. The number of carbonyl (C=O) groups is 3. The molecule has 0 bridgehead atoms. The molecule has 25 unspecified atom stereocenters. The molecule has 90 heavy (non-hydrogen) atoms. The van der Waals surface area contributed by atoms with E-state index in [0.29, 0.717) is 31.1 Å². The van der Waals surface area contributed by atoms with Gasteiger partial charge in [0.25, 0.3) is 0 Å². The molecule has 0 radical (unpaired) electrons. The Morgan fingerprint density at radius 1 is 0.567 bits per heavy atom. The summed E-state index contributed by atoms with van der Waals surface area (Å²) in [6, 6.07) is -3.17. The first kappa shape index (κ1) is 71.5. The number of aliphatic hydroxyl groups is 13. The smallest absolute Gasteiger partial charge is 0.217 e. The second-order valence-electron chi connectivity index (χ2n) is 28.4. The number of amides is 2. The molecule has 0 aromatic rings. The molecule has 28 heteroatoms. The summed E-state index contributed by atoms with van der Waals surface area (Å²) in [5.41, 5.74) is 1.55. The topological polar surface area (TPSA) is 431 Å². The van der Waals surface area contributed by atoms with Gasteiger partial charge in [0.1, 0.15) is 110 Å². The predicted molar refractivity (Wildman–Crippen MR) is 309 cm³/mol. The van der Waals surface area contributed by atoms with Crippen LogP contribution >= 0.6 is 0 Å². The zero-order chi connectivity index (χ0) is 66.0. The second-order valence-corrected chi connectivity index (χ2v) is 28.4. The maximum absolute atomic E-state index is 13.1. The summed E-state index contributed by atoms with van der Waals surface area (Å²) in [6.45, 7) is 16.8. The molecule has 2 amide bonds. The number of nitrogens with one attached hydrogen (secondary N) is 2. The zero-order valence-electron chi connectivity index (χ0n) is 53.0. The van der Waals surface area contributed by atoms with Crippen molar-refractivity contribution in [3.63, 3.8) is 0 Å². The Balaban J connectivity index is 1.01. The highest BCUT2D eigenvalue weighted by Crippen LogP contribution is 2.73. The van der Waals surface area contributed by atoms with Crippen LogP contribution in [0.25, 0.3) is 0 Å². The standard InChI is InChI=1S/C62H100N2O26/c1-25(2)19-29(70)20-26(3)30-13-17-62(10)32-11-12-37-59(6,7)38(15-16-60(37,8)31(32)14-18-61(30,62)9)86-57-51(44(74)36(24-81-57)85-53-39(63-27(4)68)45(75)41(71)33(21-65)82-53)87-54-40(64-28(5)69)46(76)49(79)56(89-54)90-58-52(48(78)43(73)35(23-67)84-58)88-55-50(80)47(77)42(72)34(22-66)83-55/h14,19,26,30,32-58,65-67,71-80H,11-13,15-18,20-24H2,1-10H3,(H,63,68)(H,64,69)/t26-,30-,32-,33?,34?,35?,36?,37?,38+,39?,40?,41?,42?,43?,44?,45?,46?,47?,48?,49?,50?,51?,52?,53?,54?,55?,56?,57?,58?,60-,61-,62+/m1/s1. The predicted octanol–water partition coefficient (Wildman–Crippen LogP) is -2.48. The van der Waals surface area contributed by atoms with E-state index in [4.69, 9.17) is 47.4 Å². The van der Waals surface area contributed by atoms with Gasteiger partial charge in [0, 0.05) is 20.3 Å². The van der Waals surface area contributed by atoms with Crippen molar-refractivity contribution < 1.29 is 128 Å². The Morgan fingerprint density at radius 2 is 1.09 bits per heavy atom. The van der Waals surface area contributed by atoms with Crippen molar-refractivity contribution in [3.8, 4) is 0 Å². The lowest BCUT2D eigenvalue weighted by atomic mass is 9.41. The molecular formula is C62H100N2O26. The van der Waals surface area contributed by atoms with E-state index in [1.54, 1.807) is 6.08 Å². The van der Waals surface area contributed by atoms with Crippen LogP contribution in [-0.2, 0) is 61.8 Å². The van der Waals surface area contributed by atoms with Crippen molar-refractivity contribution in [1.29, 1.82) is 0 Å². The van der Waals surface area contributed by atoms with Crippen LogP contribution in [0.15, 0.2) is 23.3 Å². The lowest BCUT2D eigenvalue weighted by molar-refractivity contribution is -0.418. The number of ketones is 1. The van der Waals surface area contributed by atoms with Crippen LogP contribution < -0.4 is 10.6 Å². The molecule has 15 N–H and O–H groups in total. The Labute approximate surface area is 524 Å². The molecule has 0 spiro atoms. The van der Waals surface area contributed by atoms with Gasteiger partial charge in [0.05, 0.1) is 32.5 Å². The van der Waals surface area contributed by atoms with E-state index in [2.05, 4.69) is 58.3 Å². The lowest BCUT2D eigenvalue weighted by Gasteiger charge is -2.64. The van der Waals surface area contributed by atoms with Gasteiger partial charge in [-0.05, 0) is 110 Å². The van der Waals surface area contributed by atoms with Gasteiger partial charge in [0.15, 0.2) is 43.5 Å². The molecule has 9 aliphatic rings. The highest BCUT2D eigenvalue weighted by molar-refractivity contribution is 5.90. The minimum atomic E-state index is -2.15. The lowest BCUT2D eigenvalue weighted by Crippen LogP contribution is -2.69. The first-order chi connectivity index (χ1) is 42.3. The average Bonchev–Trinajstić information content (AvgIpc) is 1.30. The number of ether oxygens (including phenoxy) is 10. The van der Waals surface area contributed by atoms with Crippen molar-refractivity contribution in [2.24, 2.45) is 45.3 Å². The molecule has 4 aliphatic carbocycles. The molecule has 32 atom stereocenters. The third-order valence-electron chi connectivity index (χ3n) is 22.2. The number of rotatable bonds is 19. The van der Waals surface area contributed by atoms with Crippen LogP contribution in [-0.4, -0.2) is 264 Å². The van der Waals surface area contributed by atoms with Gasteiger partial charge in [-0.2, -0.15) is 0 Å². The van der Waals surface area contributed by atoms with Gasteiger partial charge >= 0.3 is 0 Å². The molecule has 514 valence electrons. The maximum atomic E-state index is 13.1. The Morgan fingerprint density at radius 3 is 1.69 bits per heavy atom. The highest BCUT2D eigenvalue weighted by Gasteiger charge is 2.66. The molecule has 3 saturated carbocycles. The summed E-state index contributed by atoms with van der Waals surface area (Å²) in [4.78, 5) is 38.6. The fourth-order valence-corrected chi connectivity index (χ4v) is 17.2. The number of allylic oxidation sites excluding steroid dienone is 4. The fourth-order valence-electron chi connectivity index (χ4n) is 17.2. The van der Waals surface area contributed by atoms with Crippen molar-refractivity contribution in [1.82, 2.24) is 10.6 Å². The molecule has 0 aromatic carbocycles. The third kappa shape index (κ3) is 13.4. The normalized spacial score (nSPS) is 48.8. The van der Waals surface area contributed by atoms with Crippen LogP contribution in [0.2, 0.25) is 0 Å². The summed E-state index contributed by atoms with van der Waals surface area (Å²) < 4.78 is 61.8. The molecule has 5 saturated heterocycles. The third-order valence-corrected chi connectivity index (χ3v) is 22.2. The van der Waals surface area contributed by atoms with Crippen molar-refractivity contribution >= 4 is 17.6 Å². The number of hydrogen-bond donors (Lipinski definition) is 15.